The minimum Gasteiger partial charge on any atom is -0.496 e. The summed E-state index contributed by atoms with van der Waals surface area (Å²) in [6.45, 7) is 6.26. The molecule has 3 unspecified atom stereocenters. The van der Waals surface area contributed by atoms with E-state index in [4.69, 9.17) is 4.74 Å². The summed E-state index contributed by atoms with van der Waals surface area (Å²) in [5, 5.41) is 3.82. The second-order valence-corrected chi connectivity index (χ2v) is 7.60. The molecule has 0 radical (unpaired) electrons. The Kier molecular flexibility index (Phi) is 6.07. The third-order valence-corrected chi connectivity index (χ3v) is 6.25. The molecule has 1 aromatic carbocycles. The van der Waals surface area contributed by atoms with Crippen molar-refractivity contribution >= 4 is 11.7 Å². The molecule has 0 aliphatic carbocycles. The number of hydrogen-bond acceptors (Lipinski definition) is 5. The first-order valence-electron chi connectivity index (χ1n) is 9.81. The molecule has 5 nitrogen and oxygen atoms in total. The van der Waals surface area contributed by atoms with Crippen LogP contribution in [0.5, 0.6) is 5.75 Å². The molecule has 144 valence electrons. The molecule has 0 amide bonds. The quantitative estimate of drug-likeness (QED) is 0.816. The number of piperidine rings is 2. The van der Waals surface area contributed by atoms with Gasteiger partial charge < -0.3 is 14.8 Å². The summed E-state index contributed by atoms with van der Waals surface area (Å²) in [4.78, 5) is 12.3. The number of rotatable bonds is 2. The molecule has 0 spiro atoms. The van der Waals surface area contributed by atoms with Crippen LogP contribution in [-0.4, -0.2) is 50.3 Å². The first-order chi connectivity index (χ1) is 12.6. The summed E-state index contributed by atoms with van der Waals surface area (Å²) < 4.78 is 9.73. The van der Waals surface area contributed by atoms with Gasteiger partial charge in [-0.15, -0.1) is 0 Å². The highest BCUT2D eigenvalue weighted by atomic mass is 16.5. The third kappa shape index (κ3) is 3.68. The Bertz CT molecular complexity index is 634. The fraction of sp³-hybridized carbons (Fsp3) is 0.667. The van der Waals surface area contributed by atoms with Crippen LogP contribution in [0.2, 0.25) is 0 Å². The van der Waals surface area contributed by atoms with E-state index in [9.17, 15) is 4.79 Å². The molecule has 2 fully saturated rings. The lowest BCUT2D eigenvalue weighted by atomic mass is 9.77. The fourth-order valence-corrected chi connectivity index (χ4v) is 4.83. The van der Waals surface area contributed by atoms with Crippen LogP contribution < -0.4 is 10.1 Å². The smallest absolute Gasteiger partial charge is 0.302 e. The summed E-state index contributed by atoms with van der Waals surface area (Å²) >= 11 is 0. The Labute approximate surface area is 157 Å². The standard InChI is InChI=1S/C18H26N2O.C3H6O2/c1-3-12-7-8-15-18-13(9-10-20(15)11-12)17-14(19-18)5-4-6-16(17)21-2;1-3(4)5-2/h4-6,12-13,15,18-19H,3,7-11H2,1-2H3;1-2H3/t12-,13?,15?,18?;/m1./s1. The van der Waals surface area contributed by atoms with Crippen LogP contribution in [0.25, 0.3) is 0 Å². The lowest BCUT2D eigenvalue weighted by molar-refractivity contribution is -0.137. The number of carbonyl (C=O) groups excluding carboxylic acids is 1. The third-order valence-electron chi connectivity index (χ3n) is 6.25. The summed E-state index contributed by atoms with van der Waals surface area (Å²) in [7, 11) is 3.15. The van der Waals surface area contributed by atoms with Gasteiger partial charge in [0.2, 0.25) is 0 Å². The average molecular weight is 360 g/mol. The summed E-state index contributed by atoms with van der Waals surface area (Å²) in [6, 6.07) is 7.74. The van der Waals surface area contributed by atoms with Crippen LogP contribution in [-0.2, 0) is 9.53 Å². The van der Waals surface area contributed by atoms with E-state index in [1.165, 1.54) is 64.1 Å². The molecule has 0 bridgehead atoms. The number of esters is 1. The number of hydrogen-bond donors (Lipinski definition) is 1. The van der Waals surface area contributed by atoms with Crippen molar-refractivity contribution in [1.82, 2.24) is 4.90 Å². The van der Waals surface area contributed by atoms with Gasteiger partial charge in [0.25, 0.3) is 0 Å². The van der Waals surface area contributed by atoms with Crippen molar-refractivity contribution in [2.45, 2.75) is 57.5 Å². The maximum atomic E-state index is 9.59. The molecule has 0 aromatic heterocycles. The van der Waals surface area contributed by atoms with Gasteiger partial charge in [-0.2, -0.15) is 0 Å². The van der Waals surface area contributed by atoms with Crippen molar-refractivity contribution < 1.29 is 14.3 Å². The molecule has 4 atom stereocenters. The van der Waals surface area contributed by atoms with Crippen LogP contribution in [0.1, 0.15) is 51.0 Å². The second kappa shape index (κ2) is 8.30. The predicted molar refractivity (Wildman–Crippen MR) is 104 cm³/mol. The van der Waals surface area contributed by atoms with Gasteiger partial charge >= 0.3 is 5.97 Å². The van der Waals surface area contributed by atoms with Crippen molar-refractivity contribution in [2.75, 3.05) is 32.6 Å². The van der Waals surface area contributed by atoms with E-state index in [2.05, 4.69) is 40.1 Å². The number of ether oxygens (including phenoxy) is 2. The molecule has 3 heterocycles. The number of nitrogens with zero attached hydrogens (tertiary/aromatic N) is 1. The Morgan fingerprint density at radius 1 is 1.27 bits per heavy atom. The maximum Gasteiger partial charge on any atom is 0.302 e. The van der Waals surface area contributed by atoms with Crippen molar-refractivity contribution in [2.24, 2.45) is 5.92 Å². The minimum atomic E-state index is -0.245. The van der Waals surface area contributed by atoms with E-state index in [-0.39, 0.29) is 5.97 Å². The van der Waals surface area contributed by atoms with Gasteiger partial charge in [-0.1, -0.05) is 19.4 Å². The number of benzene rings is 1. The zero-order chi connectivity index (χ0) is 18.7. The highest BCUT2D eigenvalue weighted by molar-refractivity contribution is 5.66. The molecule has 1 aromatic rings. The fourth-order valence-electron chi connectivity index (χ4n) is 4.83. The van der Waals surface area contributed by atoms with Crippen LogP contribution in [0.3, 0.4) is 0 Å². The highest BCUT2D eigenvalue weighted by Gasteiger charge is 2.46. The lowest BCUT2D eigenvalue weighted by Gasteiger charge is -2.48. The molecule has 5 heteroatoms. The van der Waals surface area contributed by atoms with E-state index >= 15 is 0 Å². The summed E-state index contributed by atoms with van der Waals surface area (Å²) in [6.07, 6.45) is 5.34. The van der Waals surface area contributed by atoms with Crippen LogP contribution in [0, 0.1) is 5.92 Å². The molecule has 1 N–H and O–H groups in total. The Morgan fingerprint density at radius 3 is 2.69 bits per heavy atom. The number of anilines is 1. The maximum absolute atomic E-state index is 9.59. The molecule has 2 saturated heterocycles. The van der Waals surface area contributed by atoms with Gasteiger partial charge in [-0.05, 0) is 43.9 Å². The van der Waals surface area contributed by atoms with E-state index in [1.807, 2.05) is 0 Å². The van der Waals surface area contributed by atoms with Crippen LogP contribution in [0.4, 0.5) is 5.69 Å². The Hall–Kier alpha value is -1.75. The molecule has 3 aliphatic rings. The Balaban J connectivity index is 0.000000349. The summed E-state index contributed by atoms with van der Waals surface area (Å²) in [5.74, 6) is 2.37. The highest BCUT2D eigenvalue weighted by Crippen LogP contribution is 2.49. The minimum absolute atomic E-state index is 0.245. The van der Waals surface area contributed by atoms with Crippen molar-refractivity contribution in [1.29, 1.82) is 0 Å². The van der Waals surface area contributed by atoms with Gasteiger partial charge in [0, 0.05) is 42.7 Å². The molecule has 26 heavy (non-hydrogen) atoms. The molecule has 0 saturated carbocycles. The monoisotopic (exact) mass is 360 g/mol. The van der Waals surface area contributed by atoms with E-state index in [1.54, 1.807) is 7.11 Å². The van der Waals surface area contributed by atoms with Gasteiger partial charge in [0.05, 0.1) is 14.2 Å². The lowest BCUT2D eigenvalue weighted by Crippen LogP contribution is -2.56. The van der Waals surface area contributed by atoms with Crippen molar-refractivity contribution in [3.8, 4) is 5.75 Å². The number of carbonyl (C=O) groups is 1. The SMILES string of the molecule is CC[C@@H]1CCC2C3Nc4cccc(OC)c4C3CCN2C1.COC(C)=O. The van der Waals surface area contributed by atoms with Crippen LogP contribution in [0.15, 0.2) is 18.2 Å². The van der Waals surface area contributed by atoms with Crippen LogP contribution >= 0.6 is 0 Å². The first-order valence-corrected chi connectivity index (χ1v) is 9.81. The van der Waals surface area contributed by atoms with Gasteiger partial charge in [-0.3, -0.25) is 9.69 Å². The predicted octanol–water partition coefficient (Wildman–Crippen LogP) is 3.65. The van der Waals surface area contributed by atoms with Gasteiger partial charge in [-0.25, -0.2) is 0 Å². The van der Waals surface area contributed by atoms with Gasteiger partial charge in [0.15, 0.2) is 0 Å². The molecular formula is C21H32N2O3. The molecule has 4 rings (SSSR count). The summed E-state index contributed by atoms with van der Waals surface area (Å²) in [5.41, 5.74) is 2.74. The average Bonchev–Trinajstić information content (AvgIpc) is 3.07. The van der Waals surface area contributed by atoms with Crippen molar-refractivity contribution in [3.05, 3.63) is 23.8 Å². The normalized spacial score (nSPS) is 29.2. The van der Waals surface area contributed by atoms with E-state index in [0.717, 1.165) is 11.7 Å². The zero-order valence-electron chi connectivity index (χ0n) is 16.5. The largest absolute Gasteiger partial charge is 0.496 e. The number of nitrogens with one attached hydrogen (secondary N) is 1. The van der Waals surface area contributed by atoms with E-state index < -0.39 is 0 Å². The van der Waals surface area contributed by atoms with Crippen molar-refractivity contribution in [3.63, 3.8) is 0 Å². The zero-order valence-corrected chi connectivity index (χ0v) is 16.5. The number of methoxy groups -OCH3 is 2. The molecule has 3 aliphatic heterocycles. The van der Waals surface area contributed by atoms with Gasteiger partial charge in [0.1, 0.15) is 5.75 Å². The second-order valence-electron chi connectivity index (χ2n) is 7.60. The van der Waals surface area contributed by atoms with E-state index in [0.29, 0.717) is 18.0 Å². The topological polar surface area (TPSA) is 50.8 Å². The number of fused-ring (bicyclic) bond motifs is 5. The Morgan fingerprint density at radius 2 is 2.04 bits per heavy atom. The first kappa shape index (κ1) is 19.0. The molecular weight excluding hydrogens is 328 g/mol.